The zero-order valence-corrected chi connectivity index (χ0v) is 12.7. The topological polar surface area (TPSA) is 47.6 Å². The van der Waals surface area contributed by atoms with Crippen LogP contribution < -0.4 is 14.8 Å². The number of nitrogens with one attached hydrogen (secondary N) is 1. The maximum Gasteiger partial charge on any atom is 0.251 e. The number of hydrogen-bond donors (Lipinski definition) is 1. The second-order valence-electron chi connectivity index (χ2n) is 4.82. The molecule has 22 heavy (non-hydrogen) atoms. The molecule has 2 aromatic rings. The summed E-state index contributed by atoms with van der Waals surface area (Å²) in [5.41, 5.74) is 1.29. The predicted octanol–water partition coefficient (Wildman–Crippen LogP) is 3.33. The van der Waals surface area contributed by atoms with E-state index in [9.17, 15) is 9.18 Å². The summed E-state index contributed by atoms with van der Waals surface area (Å²) in [6, 6.07) is 10.7. The predicted molar refractivity (Wildman–Crippen MR) is 81.8 cm³/mol. The maximum absolute atomic E-state index is 12.9. The molecular formula is C17H18FNO3. The number of halogens is 1. The standard InChI is InChI=1S/C17H18FNO3/c1-11(13-6-9-15(21-2)16(10-13)22-3)19-17(20)12-4-7-14(18)8-5-12/h4-11H,1-3H3,(H,19,20). The van der Waals surface area contributed by atoms with Gasteiger partial charge < -0.3 is 14.8 Å². The lowest BCUT2D eigenvalue weighted by molar-refractivity contribution is 0.0940. The fourth-order valence-corrected chi connectivity index (χ4v) is 2.09. The smallest absolute Gasteiger partial charge is 0.251 e. The van der Waals surface area contributed by atoms with Gasteiger partial charge in [0.2, 0.25) is 0 Å². The largest absolute Gasteiger partial charge is 0.493 e. The van der Waals surface area contributed by atoms with Crippen LogP contribution in [-0.2, 0) is 0 Å². The van der Waals surface area contributed by atoms with E-state index in [0.717, 1.165) is 5.56 Å². The van der Waals surface area contributed by atoms with E-state index in [0.29, 0.717) is 17.1 Å². The van der Waals surface area contributed by atoms with E-state index in [4.69, 9.17) is 9.47 Å². The van der Waals surface area contributed by atoms with Crippen LogP contribution in [0.15, 0.2) is 42.5 Å². The Hall–Kier alpha value is -2.56. The number of rotatable bonds is 5. The number of ether oxygens (including phenoxy) is 2. The minimum atomic E-state index is -0.371. The molecular weight excluding hydrogens is 285 g/mol. The van der Waals surface area contributed by atoms with Crippen LogP contribution in [0.1, 0.15) is 28.9 Å². The summed E-state index contributed by atoms with van der Waals surface area (Å²) in [6.45, 7) is 1.86. The summed E-state index contributed by atoms with van der Waals surface area (Å²) in [6.07, 6.45) is 0. The average molecular weight is 303 g/mol. The van der Waals surface area contributed by atoms with Gasteiger partial charge in [-0.25, -0.2) is 4.39 Å². The molecule has 1 N–H and O–H groups in total. The molecule has 1 amide bonds. The second kappa shape index (κ2) is 6.93. The molecule has 116 valence electrons. The van der Waals surface area contributed by atoms with Gasteiger partial charge in [-0.3, -0.25) is 4.79 Å². The molecule has 0 aliphatic heterocycles. The van der Waals surface area contributed by atoms with Crippen molar-refractivity contribution in [1.82, 2.24) is 5.32 Å². The number of carbonyl (C=O) groups is 1. The van der Waals surface area contributed by atoms with Crippen LogP contribution in [-0.4, -0.2) is 20.1 Å². The van der Waals surface area contributed by atoms with Crippen molar-refractivity contribution in [2.45, 2.75) is 13.0 Å². The van der Waals surface area contributed by atoms with E-state index in [1.165, 1.54) is 24.3 Å². The Morgan fingerprint density at radius 3 is 2.27 bits per heavy atom. The fraction of sp³-hybridized carbons (Fsp3) is 0.235. The molecule has 0 aromatic heterocycles. The first-order valence-corrected chi connectivity index (χ1v) is 6.83. The highest BCUT2D eigenvalue weighted by atomic mass is 19.1. The van der Waals surface area contributed by atoms with Crippen molar-refractivity contribution in [3.63, 3.8) is 0 Å². The Balaban J connectivity index is 2.13. The fourth-order valence-electron chi connectivity index (χ4n) is 2.09. The molecule has 0 heterocycles. The Bertz CT molecular complexity index is 655. The molecule has 0 bridgehead atoms. The zero-order valence-electron chi connectivity index (χ0n) is 12.7. The number of carbonyl (C=O) groups excluding carboxylic acids is 1. The van der Waals surface area contributed by atoms with Gasteiger partial charge in [-0.15, -0.1) is 0 Å². The van der Waals surface area contributed by atoms with Crippen LogP contribution in [0.5, 0.6) is 11.5 Å². The van der Waals surface area contributed by atoms with E-state index in [2.05, 4.69) is 5.32 Å². The maximum atomic E-state index is 12.9. The summed E-state index contributed by atoms with van der Waals surface area (Å²) >= 11 is 0. The minimum Gasteiger partial charge on any atom is -0.493 e. The highest BCUT2D eigenvalue weighted by Gasteiger charge is 2.14. The van der Waals surface area contributed by atoms with Crippen LogP contribution in [0.25, 0.3) is 0 Å². The molecule has 0 radical (unpaired) electrons. The molecule has 0 saturated heterocycles. The van der Waals surface area contributed by atoms with Gasteiger partial charge >= 0.3 is 0 Å². The van der Waals surface area contributed by atoms with E-state index in [-0.39, 0.29) is 17.8 Å². The van der Waals surface area contributed by atoms with Gasteiger partial charge in [-0.05, 0) is 48.9 Å². The van der Waals surface area contributed by atoms with Gasteiger partial charge in [0.15, 0.2) is 11.5 Å². The third kappa shape index (κ3) is 3.55. The minimum absolute atomic E-state index is 0.225. The van der Waals surface area contributed by atoms with Gasteiger partial charge in [-0.1, -0.05) is 6.07 Å². The van der Waals surface area contributed by atoms with Crippen LogP contribution in [0.2, 0.25) is 0 Å². The van der Waals surface area contributed by atoms with Gasteiger partial charge in [0, 0.05) is 5.56 Å². The van der Waals surface area contributed by atoms with E-state index in [1.54, 1.807) is 20.3 Å². The van der Waals surface area contributed by atoms with Crippen molar-refractivity contribution in [2.75, 3.05) is 14.2 Å². The molecule has 1 unspecified atom stereocenters. The SMILES string of the molecule is COc1ccc(C(C)NC(=O)c2ccc(F)cc2)cc1OC. The highest BCUT2D eigenvalue weighted by Crippen LogP contribution is 2.29. The first kappa shape index (κ1) is 15.8. The summed E-state index contributed by atoms with van der Waals surface area (Å²) < 4.78 is 23.3. The molecule has 0 spiro atoms. The lowest BCUT2D eigenvalue weighted by Crippen LogP contribution is -2.26. The first-order chi connectivity index (χ1) is 10.5. The summed E-state index contributed by atoms with van der Waals surface area (Å²) in [4.78, 5) is 12.1. The Labute approximate surface area is 128 Å². The van der Waals surface area contributed by atoms with E-state index < -0.39 is 0 Å². The number of methoxy groups -OCH3 is 2. The third-order valence-electron chi connectivity index (χ3n) is 3.36. The molecule has 4 nitrogen and oxygen atoms in total. The van der Waals surface area contributed by atoms with Crippen molar-refractivity contribution >= 4 is 5.91 Å². The lowest BCUT2D eigenvalue weighted by Gasteiger charge is -2.16. The molecule has 0 aliphatic carbocycles. The first-order valence-electron chi connectivity index (χ1n) is 6.83. The van der Waals surface area contributed by atoms with Crippen LogP contribution in [0.3, 0.4) is 0 Å². The molecule has 1 atom stereocenters. The average Bonchev–Trinajstić information content (AvgIpc) is 2.54. The Morgan fingerprint density at radius 1 is 1.05 bits per heavy atom. The Kier molecular flexibility index (Phi) is 4.99. The molecule has 0 fully saturated rings. The number of benzene rings is 2. The van der Waals surface area contributed by atoms with E-state index >= 15 is 0 Å². The highest BCUT2D eigenvalue weighted by molar-refractivity contribution is 5.94. The van der Waals surface area contributed by atoms with Crippen molar-refractivity contribution in [3.05, 3.63) is 59.4 Å². The van der Waals surface area contributed by atoms with Gasteiger partial charge in [0.05, 0.1) is 20.3 Å². The summed E-state index contributed by atoms with van der Waals surface area (Å²) in [5.74, 6) is 0.595. The zero-order chi connectivity index (χ0) is 16.1. The third-order valence-corrected chi connectivity index (χ3v) is 3.36. The Morgan fingerprint density at radius 2 is 1.68 bits per heavy atom. The number of amides is 1. The molecule has 2 aromatic carbocycles. The van der Waals surface area contributed by atoms with Crippen LogP contribution >= 0.6 is 0 Å². The van der Waals surface area contributed by atoms with E-state index in [1.807, 2.05) is 19.1 Å². The summed E-state index contributed by atoms with van der Waals surface area (Å²) in [5, 5.41) is 2.86. The second-order valence-corrected chi connectivity index (χ2v) is 4.82. The van der Waals surface area contributed by atoms with Crippen molar-refractivity contribution in [3.8, 4) is 11.5 Å². The van der Waals surface area contributed by atoms with Crippen LogP contribution in [0.4, 0.5) is 4.39 Å². The lowest BCUT2D eigenvalue weighted by atomic mass is 10.1. The monoisotopic (exact) mass is 303 g/mol. The normalized spacial score (nSPS) is 11.6. The molecule has 0 saturated carbocycles. The molecule has 2 rings (SSSR count). The quantitative estimate of drug-likeness (QED) is 0.921. The van der Waals surface area contributed by atoms with Gasteiger partial charge in [0.25, 0.3) is 5.91 Å². The van der Waals surface area contributed by atoms with Crippen molar-refractivity contribution in [1.29, 1.82) is 0 Å². The van der Waals surface area contributed by atoms with Crippen molar-refractivity contribution < 1.29 is 18.7 Å². The molecule has 5 heteroatoms. The van der Waals surface area contributed by atoms with Crippen LogP contribution in [0, 0.1) is 5.82 Å². The summed E-state index contributed by atoms with van der Waals surface area (Å²) in [7, 11) is 3.13. The molecule has 0 aliphatic rings. The van der Waals surface area contributed by atoms with Crippen molar-refractivity contribution in [2.24, 2.45) is 0 Å². The number of hydrogen-bond acceptors (Lipinski definition) is 3. The van der Waals surface area contributed by atoms with Gasteiger partial charge in [-0.2, -0.15) is 0 Å². The van der Waals surface area contributed by atoms with Gasteiger partial charge in [0.1, 0.15) is 5.82 Å².